The summed E-state index contributed by atoms with van der Waals surface area (Å²) in [6, 6.07) is 0. The van der Waals surface area contributed by atoms with E-state index in [1.54, 1.807) is 0 Å². The fourth-order valence-electron chi connectivity index (χ4n) is 9.66. The van der Waals surface area contributed by atoms with Crippen LogP contribution in [-0.4, -0.2) is 102 Å². The van der Waals surface area contributed by atoms with E-state index < -0.39 is 78.0 Å². The maximum atomic E-state index is 14.0. The first-order chi connectivity index (χ1) is 19.3. The van der Waals surface area contributed by atoms with Crippen LogP contribution in [0.2, 0.25) is 0 Å². The van der Waals surface area contributed by atoms with E-state index in [0.717, 1.165) is 18.4 Å². The molecule has 0 amide bonds. The van der Waals surface area contributed by atoms with Crippen molar-refractivity contribution in [2.24, 2.45) is 46.3 Å². The van der Waals surface area contributed by atoms with Crippen molar-refractivity contribution >= 4 is 5.97 Å². The average molecular weight is 583 g/mol. The Balaban J connectivity index is 1.30. The molecule has 5 fully saturated rings. The quantitative estimate of drug-likeness (QED) is 0.155. The van der Waals surface area contributed by atoms with Crippen LogP contribution in [0.5, 0.6) is 0 Å². The number of esters is 1. The third-order valence-electron chi connectivity index (χ3n) is 12.1. The first-order valence-corrected chi connectivity index (χ1v) is 15.3. The summed E-state index contributed by atoms with van der Waals surface area (Å²) in [4.78, 5) is 14.0. The zero-order valence-electron chi connectivity index (χ0n) is 23.7. The summed E-state index contributed by atoms with van der Waals surface area (Å²) in [6.45, 7) is 3.98. The second kappa shape index (κ2) is 10.5. The van der Waals surface area contributed by atoms with Crippen molar-refractivity contribution in [3.05, 3.63) is 11.6 Å². The number of carbonyl (C=O) groups is 1. The van der Waals surface area contributed by atoms with Crippen molar-refractivity contribution in [2.45, 2.75) is 121 Å². The normalized spacial score (nSPS) is 54.5. The van der Waals surface area contributed by atoms with Crippen LogP contribution in [-0.2, 0) is 14.3 Å². The molecule has 0 radical (unpaired) electrons. The minimum absolute atomic E-state index is 0.0624. The molecular formula is C30H46O11. The van der Waals surface area contributed by atoms with E-state index >= 15 is 0 Å². The standard InChI is InChI=1S/C30H46O11/c1-29(2)9-10-30(28(39)41-27-24(36)22(34)23(35)26(38)40-27)8-7-14-12-4-6-16-17(11-18(31)21(33)20(16)32)13(12)3-5-15(14)19(30)25(29)37/h5,12-14,16-27,31-38H,3-4,6-11H2,1-2H3/t12-,13+,14+,16-,17-,18-,19-,20-,21+,22-,23+,24+,25+,26-,27-,30-/m1/s1. The predicted molar refractivity (Wildman–Crippen MR) is 141 cm³/mol. The molecule has 0 aromatic rings. The van der Waals surface area contributed by atoms with Crippen molar-refractivity contribution < 1.29 is 55.1 Å². The lowest BCUT2D eigenvalue weighted by Crippen LogP contribution is -2.62. The van der Waals surface area contributed by atoms with E-state index in [4.69, 9.17) is 9.47 Å². The van der Waals surface area contributed by atoms with E-state index in [0.29, 0.717) is 38.5 Å². The van der Waals surface area contributed by atoms with E-state index in [1.807, 2.05) is 13.8 Å². The summed E-state index contributed by atoms with van der Waals surface area (Å²) >= 11 is 0. The number of fused-ring (bicyclic) bond motifs is 7. The Morgan fingerprint density at radius 3 is 2.24 bits per heavy atom. The molecule has 11 nitrogen and oxygen atoms in total. The van der Waals surface area contributed by atoms with Gasteiger partial charge < -0.3 is 50.3 Å². The zero-order valence-corrected chi connectivity index (χ0v) is 23.7. The van der Waals surface area contributed by atoms with Crippen molar-refractivity contribution in [2.75, 3.05) is 0 Å². The Kier molecular flexibility index (Phi) is 7.65. The smallest absolute Gasteiger partial charge is 0.315 e. The molecule has 0 aromatic heterocycles. The van der Waals surface area contributed by atoms with Gasteiger partial charge in [-0.15, -0.1) is 0 Å². The number of rotatable bonds is 2. The molecule has 41 heavy (non-hydrogen) atoms. The highest BCUT2D eigenvalue weighted by Crippen LogP contribution is 2.64. The molecule has 8 N–H and O–H groups in total. The molecule has 11 heteroatoms. The van der Waals surface area contributed by atoms with Crippen molar-refractivity contribution in [1.82, 2.24) is 0 Å². The number of aliphatic hydroxyl groups excluding tert-OH is 8. The molecule has 6 aliphatic rings. The summed E-state index contributed by atoms with van der Waals surface area (Å²) < 4.78 is 10.8. The van der Waals surface area contributed by atoms with Crippen LogP contribution in [0.15, 0.2) is 11.6 Å². The lowest BCUT2D eigenvalue weighted by atomic mass is 9.45. The fraction of sp³-hybridized carbons (Fsp3) is 0.900. The van der Waals surface area contributed by atoms with Gasteiger partial charge in [0.2, 0.25) is 6.29 Å². The highest BCUT2D eigenvalue weighted by atomic mass is 16.8. The lowest BCUT2D eigenvalue weighted by molar-refractivity contribution is -0.334. The topological polar surface area (TPSA) is 197 Å². The second-order valence-electron chi connectivity index (χ2n) is 14.4. The Bertz CT molecular complexity index is 1050. The highest BCUT2D eigenvalue weighted by Gasteiger charge is 2.63. The van der Waals surface area contributed by atoms with Gasteiger partial charge in [0, 0.05) is 5.92 Å². The minimum Gasteiger partial charge on any atom is -0.432 e. The van der Waals surface area contributed by atoms with Crippen molar-refractivity contribution in [1.29, 1.82) is 0 Å². The molecular weight excluding hydrogens is 536 g/mol. The Hall–Kier alpha value is -1.15. The number of allylic oxidation sites excluding steroid dienone is 1. The molecule has 5 aliphatic carbocycles. The van der Waals surface area contributed by atoms with Gasteiger partial charge in [0.05, 0.1) is 23.7 Å². The summed E-state index contributed by atoms with van der Waals surface area (Å²) in [6.07, 6.45) is -5.55. The van der Waals surface area contributed by atoms with Gasteiger partial charge in [0.15, 0.2) is 6.29 Å². The van der Waals surface area contributed by atoms with Gasteiger partial charge in [-0.2, -0.15) is 0 Å². The zero-order chi connectivity index (χ0) is 29.6. The van der Waals surface area contributed by atoms with Crippen molar-refractivity contribution in [3.63, 3.8) is 0 Å². The molecule has 6 rings (SSSR count). The van der Waals surface area contributed by atoms with Gasteiger partial charge in [-0.3, -0.25) is 4.79 Å². The predicted octanol–water partition coefficient (Wildman–Crippen LogP) is -0.444. The fourth-order valence-corrected chi connectivity index (χ4v) is 9.66. The maximum absolute atomic E-state index is 14.0. The van der Waals surface area contributed by atoms with E-state index in [1.165, 1.54) is 0 Å². The third kappa shape index (κ3) is 4.54. The number of hydrogen-bond donors (Lipinski definition) is 8. The molecule has 0 aromatic carbocycles. The van der Waals surface area contributed by atoms with Crippen LogP contribution in [0.3, 0.4) is 0 Å². The third-order valence-corrected chi connectivity index (χ3v) is 12.1. The second-order valence-corrected chi connectivity index (χ2v) is 14.4. The van der Waals surface area contributed by atoms with Crippen LogP contribution in [0.25, 0.3) is 0 Å². The maximum Gasteiger partial charge on any atom is 0.315 e. The summed E-state index contributed by atoms with van der Waals surface area (Å²) in [7, 11) is 0. The van der Waals surface area contributed by atoms with Gasteiger partial charge >= 0.3 is 5.97 Å². The first-order valence-electron chi connectivity index (χ1n) is 15.3. The van der Waals surface area contributed by atoms with Crippen molar-refractivity contribution in [3.8, 4) is 0 Å². The number of ether oxygens (including phenoxy) is 2. The van der Waals surface area contributed by atoms with Gasteiger partial charge in [-0.25, -0.2) is 0 Å². The molecule has 0 spiro atoms. The van der Waals surface area contributed by atoms with Crippen LogP contribution in [0, 0.1) is 46.3 Å². The van der Waals surface area contributed by atoms with Crippen LogP contribution in [0.1, 0.15) is 65.2 Å². The van der Waals surface area contributed by atoms with Crippen LogP contribution >= 0.6 is 0 Å². The largest absolute Gasteiger partial charge is 0.432 e. The van der Waals surface area contributed by atoms with E-state index in [9.17, 15) is 45.6 Å². The molecule has 4 saturated carbocycles. The monoisotopic (exact) mass is 582 g/mol. The summed E-state index contributed by atoms with van der Waals surface area (Å²) in [5.74, 6) is -0.535. The Labute approximate surface area is 239 Å². The van der Waals surface area contributed by atoms with E-state index in [-0.39, 0.29) is 29.6 Å². The molecule has 0 bridgehead atoms. The Morgan fingerprint density at radius 1 is 0.805 bits per heavy atom. The molecule has 1 heterocycles. The number of carbonyl (C=O) groups excluding carboxylic acids is 1. The molecule has 1 saturated heterocycles. The lowest BCUT2D eigenvalue weighted by Gasteiger charge is -2.60. The summed E-state index contributed by atoms with van der Waals surface area (Å²) in [5, 5.41) is 83.6. The first kappa shape index (κ1) is 29.9. The minimum atomic E-state index is -1.84. The van der Waals surface area contributed by atoms with Gasteiger partial charge in [-0.05, 0) is 86.4 Å². The number of hydrogen-bond acceptors (Lipinski definition) is 11. The van der Waals surface area contributed by atoms with Crippen LogP contribution < -0.4 is 0 Å². The van der Waals surface area contributed by atoms with Gasteiger partial charge in [0.25, 0.3) is 0 Å². The molecule has 232 valence electrons. The SMILES string of the molecule is CC1(C)CC[C@]2(C(=O)O[C@H]3O[C@@H](O)[C@@H](O)[C@@H](O)[C@@H]3O)CC[C@@H]3C(=CC[C@@H]4[C@H]5C[C@@H](O)[C@H](O)[C@H](O)[C@@H]5CC[C@H]43)[C@@H]2[C@@H]1O. The van der Waals surface area contributed by atoms with Gasteiger partial charge in [-0.1, -0.05) is 25.5 Å². The average Bonchev–Trinajstić information content (AvgIpc) is 2.94. The highest BCUT2D eigenvalue weighted by molar-refractivity contribution is 5.79. The van der Waals surface area contributed by atoms with Gasteiger partial charge in [0.1, 0.15) is 24.4 Å². The van der Waals surface area contributed by atoms with Crippen LogP contribution in [0.4, 0.5) is 0 Å². The molecule has 0 unspecified atom stereocenters. The van der Waals surface area contributed by atoms with E-state index in [2.05, 4.69) is 6.08 Å². The Morgan fingerprint density at radius 2 is 1.51 bits per heavy atom. The molecule has 16 atom stereocenters. The summed E-state index contributed by atoms with van der Waals surface area (Å²) in [5.41, 5.74) is -0.500. The number of aliphatic hydroxyl groups is 8. The molecule has 1 aliphatic heterocycles.